The number of rotatable bonds is 1. The van der Waals surface area contributed by atoms with Crippen LogP contribution in [0.4, 0.5) is 0 Å². The van der Waals surface area contributed by atoms with Gasteiger partial charge in [0, 0.05) is 4.75 Å². The molecule has 2 atom stereocenters. The van der Waals surface area contributed by atoms with Crippen molar-refractivity contribution in [2.75, 3.05) is 0 Å². The summed E-state index contributed by atoms with van der Waals surface area (Å²) in [6.07, 6.45) is 26.1. The smallest absolute Gasteiger partial charge is 0.0101 e. The molecule has 2 aliphatic carbocycles. The summed E-state index contributed by atoms with van der Waals surface area (Å²) in [7, 11) is 0. The first-order chi connectivity index (χ1) is 11.5. The molecule has 2 rings (SSSR count). The maximum Gasteiger partial charge on any atom is 0.0101 e. The van der Waals surface area contributed by atoms with Crippen molar-refractivity contribution in [3.63, 3.8) is 0 Å². The van der Waals surface area contributed by atoms with E-state index in [0.29, 0.717) is 5.41 Å². The van der Waals surface area contributed by atoms with E-state index in [9.17, 15) is 0 Å². The molecule has 0 spiro atoms. The zero-order chi connectivity index (χ0) is 17.3. The van der Waals surface area contributed by atoms with Crippen LogP contribution in [-0.4, -0.2) is 4.75 Å². The van der Waals surface area contributed by atoms with Gasteiger partial charge in [0.05, 0.1) is 0 Å². The lowest BCUT2D eigenvalue weighted by atomic mass is 9.67. The summed E-state index contributed by atoms with van der Waals surface area (Å²) in [5, 5.41) is 0. The molecular formula is C23H44S. The van der Waals surface area contributed by atoms with Gasteiger partial charge in [0.1, 0.15) is 0 Å². The summed E-state index contributed by atoms with van der Waals surface area (Å²) < 4.78 is 0.277. The Morgan fingerprint density at radius 1 is 0.542 bits per heavy atom. The van der Waals surface area contributed by atoms with Gasteiger partial charge in [-0.2, -0.15) is 12.6 Å². The number of thiol groups is 1. The number of hydrogen-bond donors (Lipinski definition) is 1. The zero-order valence-corrected chi connectivity index (χ0v) is 17.6. The summed E-state index contributed by atoms with van der Waals surface area (Å²) in [6, 6.07) is 0. The molecule has 2 fully saturated rings. The van der Waals surface area contributed by atoms with Crippen LogP contribution in [0.2, 0.25) is 0 Å². The van der Waals surface area contributed by atoms with Gasteiger partial charge in [0.2, 0.25) is 0 Å². The third-order valence-electron chi connectivity index (χ3n) is 7.27. The quantitative estimate of drug-likeness (QED) is 0.356. The van der Waals surface area contributed by atoms with E-state index >= 15 is 0 Å². The predicted octanol–water partition coefficient (Wildman–Crippen LogP) is 8.35. The van der Waals surface area contributed by atoms with Crippen LogP contribution in [0.5, 0.6) is 0 Å². The van der Waals surface area contributed by atoms with Gasteiger partial charge in [-0.05, 0) is 49.9 Å². The predicted molar refractivity (Wildman–Crippen MR) is 112 cm³/mol. The van der Waals surface area contributed by atoms with E-state index in [-0.39, 0.29) is 4.75 Å². The zero-order valence-electron chi connectivity index (χ0n) is 16.8. The maximum atomic E-state index is 5.02. The second-order valence-corrected chi connectivity index (χ2v) is 10.7. The molecule has 0 aromatic carbocycles. The third kappa shape index (κ3) is 7.30. The molecule has 0 saturated heterocycles. The van der Waals surface area contributed by atoms with Gasteiger partial charge in [-0.15, -0.1) is 0 Å². The van der Waals surface area contributed by atoms with E-state index in [1.54, 1.807) is 0 Å². The first-order valence-corrected chi connectivity index (χ1v) is 11.7. The maximum absolute atomic E-state index is 5.02. The molecule has 24 heavy (non-hydrogen) atoms. The molecule has 2 aliphatic rings. The summed E-state index contributed by atoms with van der Waals surface area (Å²) in [6.45, 7) is 5.04. The Balaban J connectivity index is 1.95. The number of hydrogen-bond acceptors (Lipinski definition) is 1. The minimum atomic E-state index is 0.277. The molecule has 0 N–H and O–H groups in total. The van der Waals surface area contributed by atoms with Gasteiger partial charge in [0.25, 0.3) is 0 Å². The van der Waals surface area contributed by atoms with Gasteiger partial charge in [-0.1, -0.05) is 90.9 Å². The average molecular weight is 353 g/mol. The Hall–Kier alpha value is 0.350. The van der Waals surface area contributed by atoms with E-state index < -0.39 is 0 Å². The van der Waals surface area contributed by atoms with Crippen molar-refractivity contribution in [2.45, 2.75) is 134 Å². The van der Waals surface area contributed by atoms with E-state index in [2.05, 4.69) is 13.8 Å². The second kappa shape index (κ2) is 10.5. The molecular weight excluding hydrogens is 308 g/mol. The molecule has 0 nitrogen and oxygen atoms in total. The van der Waals surface area contributed by atoms with Crippen molar-refractivity contribution < 1.29 is 0 Å². The Kier molecular flexibility index (Phi) is 9.03. The van der Waals surface area contributed by atoms with E-state index in [1.165, 1.54) is 116 Å². The van der Waals surface area contributed by atoms with Crippen LogP contribution in [-0.2, 0) is 0 Å². The highest BCUT2D eigenvalue weighted by atomic mass is 32.1. The summed E-state index contributed by atoms with van der Waals surface area (Å²) in [4.78, 5) is 0. The Morgan fingerprint density at radius 2 is 0.958 bits per heavy atom. The molecule has 0 heterocycles. The molecule has 1 heteroatoms. The molecule has 2 saturated carbocycles. The Morgan fingerprint density at radius 3 is 1.58 bits per heavy atom. The summed E-state index contributed by atoms with van der Waals surface area (Å²) >= 11 is 5.02. The van der Waals surface area contributed by atoms with Gasteiger partial charge in [0.15, 0.2) is 0 Å². The largest absolute Gasteiger partial charge is 0.173 e. The lowest BCUT2D eigenvalue weighted by Crippen LogP contribution is -2.28. The molecule has 0 amide bonds. The van der Waals surface area contributed by atoms with Crippen LogP contribution in [0.3, 0.4) is 0 Å². The highest BCUT2D eigenvalue weighted by Crippen LogP contribution is 2.46. The SMILES string of the molecule is CC1(S)CCCCCCCCCC(C2(C)CCCCCC2)CCC1. The summed E-state index contributed by atoms with van der Waals surface area (Å²) in [5.41, 5.74) is 0.639. The molecule has 0 aromatic heterocycles. The van der Waals surface area contributed by atoms with Gasteiger partial charge in [-0.25, -0.2) is 0 Å². The molecule has 2 unspecified atom stereocenters. The molecule has 0 aliphatic heterocycles. The van der Waals surface area contributed by atoms with Gasteiger partial charge >= 0.3 is 0 Å². The third-order valence-corrected chi connectivity index (χ3v) is 7.71. The normalized spacial score (nSPS) is 34.9. The van der Waals surface area contributed by atoms with Crippen LogP contribution in [0.25, 0.3) is 0 Å². The standard InChI is InChI=1S/C23H44S/c1-22(17-11-8-9-12-18-22)21-15-10-6-4-3-5-7-13-19-23(2,24)20-14-16-21/h21,24H,3-20H2,1-2H3. The van der Waals surface area contributed by atoms with Crippen LogP contribution in [0.1, 0.15) is 129 Å². The van der Waals surface area contributed by atoms with Crippen LogP contribution in [0, 0.1) is 11.3 Å². The molecule has 0 radical (unpaired) electrons. The molecule has 142 valence electrons. The minimum Gasteiger partial charge on any atom is -0.173 e. The first-order valence-electron chi connectivity index (χ1n) is 11.2. The van der Waals surface area contributed by atoms with E-state index in [0.717, 1.165) is 5.92 Å². The van der Waals surface area contributed by atoms with Gasteiger partial charge in [-0.3, -0.25) is 0 Å². The van der Waals surface area contributed by atoms with E-state index in [1.807, 2.05) is 0 Å². The van der Waals surface area contributed by atoms with Crippen LogP contribution < -0.4 is 0 Å². The Bertz CT molecular complexity index is 325. The average Bonchev–Trinajstić information content (AvgIpc) is 2.76. The van der Waals surface area contributed by atoms with Crippen molar-refractivity contribution in [3.8, 4) is 0 Å². The van der Waals surface area contributed by atoms with Crippen LogP contribution in [0.15, 0.2) is 0 Å². The van der Waals surface area contributed by atoms with Crippen molar-refractivity contribution >= 4 is 12.6 Å². The fourth-order valence-electron chi connectivity index (χ4n) is 5.42. The highest BCUT2D eigenvalue weighted by Gasteiger charge is 2.34. The van der Waals surface area contributed by atoms with E-state index in [4.69, 9.17) is 12.6 Å². The first kappa shape index (κ1) is 20.7. The Labute approximate surface area is 158 Å². The van der Waals surface area contributed by atoms with Gasteiger partial charge < -0.3 is 0 Å². The second-order valence-electron chi connectivity index (χ2n) is 9.67. The minimum absolute atomic E-state index is 0.277. The van der Waals surface area contributed by atoms with Crippen molar-refractivity contribution in [2.24, 2.45) is 11.3 Å². The van der Waals surface area contributed by atoms with Crippen molar-refractivity contribution in [1.29, 1.82) is 0 Å². The lowest BCUT2D eigenvalue weighted by Gasteiger charge is -2.38. The summed E-state index contributed by atoms with van der Waals surface area (Å²) in [5.74, 6) is 0.975. The fraction of sp³-hybridized carbons (Fsp3) is 1.00. The lowest BCUT2D eigenvalue weighted by molar-refractivity contribution is 0.129. The van der Waals surface area contributed by atoms with Crippen molar-refractivity contribution in [1.82, 2.24) is 0 Å². The topological polar surface area (TPSA) is 0 Å². The van der Waals surface area contributed by atoms with Crippen molar-refractivity contribution in [3.05, 3.63) is 0 Å². The molecule has 0 aromatic rings. The monoisotopic (exact) mass is 352 g/mol. The molecule has 0 bridgehead atoms. The highest BCUT2D eigenvalue weighted by molar-refractivity contribution is 7.81. The fourth-order valence-corrected chi connectivity index (χ4v) is 5.74. The van der Waals surface area contributed by atoms with Crippen LogP contribution >= 0.6 is 12.6 Å².